The summed E-state index contributed by atoms with van der Waals surface area (Å²) in [5, 5.41) is 22.0. The molecule has 3 N–H and O–H groups in total. The molecule has 70 valence electrons. The Balaban J connectivity index is 2.43. The van der Waals surface area contributed by atoms with Gasteiger partial charge in [0, 0.05) is 18.7 Å². The molecule has 4 heteroatoms. The summed E-state index contributed by atoms with van der Waals surface area (Å²) in [5.41, 5.74) is -0.849. The van der Waals surface area contributed by atoms with Gasteiger partial charge in [0.1, 0.15) is 17.2 Å². The van der Waals surface area contributed by atoms with Gasteiger partial charge in [0.05, 0.1) is 0 Å². The Morgan fingerprint density at radius 3 is 2.62 bits per heavy atom. The van der Waals surface area contributed by atoms with Crippen molar-refractivity contribution in [1.29, 1.82) is 0 Å². The second-order valence-corrected chi connectivity index (χ2v) is 3.30. The fraction of sp³-hybridized carbons (Fsp3) is 0.333. The highest BCUT2D eigenvalue weighted by atomic mass is 19.1. The van der Waals surface area contributed by atoms with Crippen LogP contribution in [0.1, 0.15) is 5.56 Å². The van der Waals surface area contributed by atoms with E-state index in [9.17, 15) is 14.6 Å². The number of aromatic hydroxyl groups is 1. The smallest absolute Gasteiger partial charge is 0.123 e. The molecular formula is C9H10FNO2. The average molecular weight is 183 g/mol. The maximum Gasteiger partial charge on any atom is 0.123 e. The number of phenols is 1. The molecule has 1 heterocycles. The third-order valence-electron chi connectivity index (χ3n) is 2.29. The van der Waals surface area contributed by atoms with Crippen LogP contribution in [-0.2, 0) is 5.60 Å². The molecule has 0 bridgehead atoms. The van der Waals surface area contributed by atoms with Gasteiger partial charge in [-0.25, -0.2) is 4.39 Å². The monoisotopic (exact) mass is 183 g/mol. The van der Waals surface area contributed by atoms with Crippen molar-refractivity contribution in [1.82, 2.24) is 5.32 Å². The summed E-state index contributed by atoms with van der Waals surface area (Å²) in [5.74, 6) is -0.515. The third kappa shape index (κ3) is 1.28. The van der Waals surface area contributed by atoms with Gasteiger partial charge in [0.25, 0.3) is 0 Å². The van der Waals surface area contributed by atoms with Crippen molar-refractivity contribution in [3.8, 4) is 5.75 Å². The van der Waals surface area contributed by atoms with Crippen LogP contribution in [0.4, 0.5) is 4.39 Å². The van der Waals surface area contributed by atoms with E-state index < -0.39 is 11.4 Å². The molecule has 1 saturated heterocycles. The predicted molar refractivity (Wildman–Crippen MR) is 44.8 cm³/mol. The molecule has 0 aromatic heterocycles. The first-order valence-corrected chi connectivity index (χ1v) is 4.04. The number of rotatable bonds is 1. The highest BCUT2D eigenvalue weighted by Gasteiger charge is 2.38. The van der Waals surface area contributed by atoms with E-state index in [2.05, 4.69) is 5.32 Å². The summed E-state index contributed by atoms with van der Waals surface area (Å²) in [4.78, 5) is 0. The minimum atomic E-state index is -1.10. The van der Waals surface area contributed by atoms with Crippen molar-refractivity contribution in [3.05, 3.63) is 29.6 Å². The van der Waals surface area contributed by atoms with Gasteiger partial charge in [-0.15, -0.1) is 0 Å². The fourth-order valence-electron chi connectivity index (χ4n) is 1.43. The van der Waals surface area contributed by atoms with E-state index in [-0.39, 0.29) is 11.3 Å². The van der Waals surface area contributed by atoms with Crippen molar-refractivity contribution in [2.24, 2.45) is 0 Å². The van der Waals surface area contributed by atoms with Crippen LogP contribution in [0.2, 0.25) is 0 Å². The molecule has 0 aliphatic carbocycles. The Kier molecular flexibility index (Phi) is 1.75. The third-order valence-corrected chi connectivity index (χ3v) is 2.29. The van der Waals surface area contributed by atoms with Gasteiger partial charge in [-0.2, -0.15) is 0 Å². The highest BCUT2D eigenvalue weighted by Crippen LogP contribution is 2.32. The Labute approximate surface area is 74.8 Å². The number of β-amino-alcohol motifs (C(OH)–C–C–N with tert-alkyl or cyclic N) is 1. The summed E-state index contributed by atoms with van der Waals surface area (Å²) in [6.07, 6.45) is 0. The van der Waals surface area contributed by atoms with Crippen LogP contribution in [0, 0.1) is 5.82 Å². The number of aliphatic hydroxyl groups is 1. The van der Waals surface area contributed by atoms with Crippen LogP contribution in [0.3, 0.4) is 0 Å². The van der Waals surface area contributed by atoms with Crippen molar-refractivity contribution in [2.45, 2.75) is 5.60 Å². The van der Waals surface area contributed by atoms with Crippen molar-refractivity contribution < 1.29 is 14.6 Å². The molecule has 1 aliphatic heterocycles. The lowest BCUT2D eigenvalue weighted by molar-refractivity contribution is -0.0167. The molecule has 1 aromatic rings. The zero-order valence-corrected chi connectivity index (χ0v) is 6.92. The first-order valence-electron chi connectivity index (χ1n) is 4.04. The van der Waals surface area contributed by atoms with Crippen molar-refractivity contribution >= 4 is 0 Å². The molecule has 0 atom stereocenters. The first kappa shape index (κ1) is 8.47. The van der Waals surface area contributed by atoms with Gasteiger partial charge >= 0.3 is 0 Å². The topological polar surface area (TPSA) is 52.5 Å². The lowest BCUT2D eigenvalue weighted by atomic mass is 9.87. The first-order chi connectivity index (χ1) is 6.12. The predicted octanol–water partition coefficient (Wildman–Crippen LogP) is 0.322. The number of benzene rings is 1. The molecule has 0 saturated carbocycles. The summed E-state index contributed by atoms with van der Waals surface area (Å²) >= 11 is 0. The summed E-state index contributed by atoms with van der Waals surface area (Å²) in [7, 11) is 0. The van der Waals surface area contributed by atoms with E-state index in [1.165, 1.54) is 6.07 Å². The van der Waals surface area contributed by atoms with Crippen molar-refractivity contribution in [3.63, 3.8) is 0 Å². The molecule has 0 amide bonds. The molecule has 0 spiro atoms. The van der Waals surface area contributed by atoms with Crippen LogP contribution in [0.15, 0.2) is 18.2 Å². The van der Waals surface area contributed by atoms with Gasteiger partial charge in [0.15, 0.2) is 0 Å². The van der Waals surface area contributed by atoms with Crippen LogP contribution >= 0.6 is 0 Å². The molecule has 3 nitrogen and oxygen atoms in total. The lowest BCUT2D eigenvalue weighted by Crippen LogP contribution is -2.56. The SMILES string of the molecule is Oc1ccc(F)cc1C1(O)CNC1. The summed E-state index contributed by atoms with van der Waals surface area (Å²) in [6.45, 7) is 0.702. The van der Waals surface area contributed by atoms with Crippen LogP contribution in [-0.4, -0.2) is 23.3 Å². The number of nitrogens with one attached hydrogen (secondary N) is 1. The minimum absolute atomic E-state index is 0.0644. The maximum absolute atomic E-state index is 12.8. The van der Waals surface area contributed by atoms with E-state index in [0.717, 1.165) is 12.1 Å². The summed E-state index contributed by atoms with van der Waals surface area (Å²) < 4.78 is 12.8. The fourth-order valence-corrected chi connectivity index (χ4v) is 1.43. The van der Waals surface area contributed by atoms with Crippen LogP contribution in [0.25, 0.3) is 0 Å². The van der Waals surface area contributed by atoms with Gasteiger partial charge in [-0.05, 0) is 18.2 Å². The second kappa shape index (κ2) is 2.68. The normalized spacial score (nSPS) is 19.5. The summed E-state index contributed by atoms with van der Waals surface area (Å²) in [6, 6.07) is 3.57. The number of hydrogen-bond donors (Lipinski definition) is 3. The number of hydrogen-bond acceptors (Lipinski definition) is 3. The molecule has 0 radical (unpaired) electrons. The zero-order chi connectivity index (χ0) is 9.47. The highest BCUT2D eigenvalue weighted by molar-refractivity contribution is 5.39. The molecule has 2 rings (SSSR count). The van der Waals surface area contributed by atoms with E-state index in [1.807, 2.05) is 0 Å². The Morgan fingerprint density at radius 1 is 1.38 bits per heavy atom. The van der Waals surface area contributed by atoms with Gasteiger partial charge in [0.2, 0.25) is 0 Å². The van der Waals surface area contributed by atoms with Gasteiger partial charge in [-0.1, -0.05) is 0 Å². The van der Waals surface area contributed by atoms with Gasteiger partial charge < -0.3 is 15.5 Å². The average Bonchev–Trinajstić information content (AvgIpc) is 2.05. The molecule has 13 heavy (non-hydrogen) atoms. The Morgan fingerprint density at radius 2 is 2.08 bits per heavy atom. The Hall–Kier alpha value is -1.13. The quantitative estimate of drug-likeness (QED) is 0.587. The molecule has 1 aliphatic rings. The number of phenolic OH excluding ortho intramolecular Hbond substituents is 1. The molecule has 0 unspecified atom stereocenters. The molecular weight excluding hydrogens is 173 g/mol. The largest absolute Gasteiger partial charge is 0.508 e. The second-order valence-electron chi connectivity index (χ2n) is 3.30. The van der Waals surface area contributed by atoms with Crippen LogP contribution < -0.4 is 5.32 Å². The standard InChI is InChI=1S/C9H10FNO2/c10-6-1-2-8(12)7(3-6)9(13)4-11-5-9/h1-3,11-13H,4-5H2. The van der Waals surface area contributed by atoms with Crippen LogP contribution in [0.5, 0.6) is 5.75 Å². The van der Waals surface area contributed by atoms with E-state index in [0.29, 0.717) is 13.1 Å². The molecule has 1 fully saturated rings. The van der Waals surface area contributed by atoms with Crippen molar-refractivity contribution in [2.75, 3.05) is 13.1 Å². The lowest BCUT2D eigenvalue weighted by Gasteiger charge is -2.38. The van der Waals surface area contributed by atoms with Gasteiger partial charge in [-0.3, -0.25) is 0 Å². The van der Waals surface area contributed by atoms with E-state index in [4.69, 9.17) is 0 Å². The molecule has 1 aromatic carbocycles. The van der Waals surface area contributed by atoms with E-state index in [1.54, 1.807) is 0 Å². The Bertz CT molecular complexity index is 336. The maximum atomic E-state index is 12.8. The number of halogens is 1. The minimum Gasteiger partial charge on any atom is -0.508 e. The zero-order valence-electron chi connectivity index (χ0n) is 6.92. The van der Waals surface area contributed by atoms with E-state index >= 15 is 0 Å².